The zero-order chi connectivity index (χ0) is 13.2. The van der Waals surface area contributed by atoms with Gasteiger partial charge in [-0.3, -0.25) is 4.79 Å². The van der Waals surface area contributed by atoms with Crippen LogP contribution in [0.2, 0.25) is 0 Å². The molecule has 17 heavy (non-hydrogen) atoms. The standard InChI is InChI=1S/C11H14BrNO4/c1-5-7(12)4-6(8(13)11(14)15)10(17-3)9(5)16-2/h4,8H,13H2,1-3H3,(H,14,15). The van der Waals surface area contributed by atoms with Crippen LogP contribution in [-0.2, 0) is 4.79 Å². The van der Waals surface area contributed by atoms with Crippen molar-refractivity contribution >= 4 is 21.9 Å². The van der Waals surface area contributed by atoms with E-state index in [1.807, 2.05) is 6.92 Å². The molecular weight excluding hydrogens is 290 g/mol. The van der Waals surface area contributed by atoms with E-state index in [0.717, 1.165) is 10.0 Å². The second-order valence-electron chi connectivity index (χ2n) is 3.46. The monoisotopic (exact) mass is 303 g/mol. The van der Waals surface area contributed by atoms with Crippen LogP contribution in [0.4, 0.5) is 0 Å². The number of carboxylic acids is 1. The van der Waals surface area contributed by atoms with E-state index in [1.165, 1.54) is 14.2 Å². The molecule has 0 saturated heterocycles. The highest BCUT2D eigenvalue weighted by Gasteiger charge is 2.24. The van der Waals surface area contributed by atoms with Gasteiger partial charge >= 0.3 is 5.97 Å². The molecule has 94 valence electrons. The van der Waals surface area contributed by atoms with Crippen molar-refractivity contribution in [3.05, 3.63) is 21.7 Å². The summed E-state index contributed by atoms with van der Waals surface area (Å²) in [6.45, 7) is 1.83. The number of ether oxygens (including phenoxy) is 2. The molecule has 0 aliphatic rings. The minimum atomic E-state index is -1.16. The first kappa shape index (κ1) is 13.8. The van der Waals surface area contributed by atoms with Crippen molar-refractivity contribution in [3.63, 3.8) is 0 Å². The molecular formula is C11H14BrNO4. The van der Waals surface area contributed by atoms with Crippen molar-refractivity contribution < 1.29 is 19.4 Å². The number of hydrogen-bond acceptors (Lipinski definition) is 4. The molecule has 0 saturated carbocycles. The van der Waals surface area contributed by atoms with Crippen LogP contribution in [0.25, 0.3) is 0 Å². The van der Waals surface area contributed by atoms with Gasteiger partial charge in [0, 0.05) is 15.6 Å². The van der Waals surface area contributed by atoms with Gasteiger partial charge < -0.3 is 20.3 Å². The molecule has 0 spiro atoms. The smallest absolute Gasteiger partial charge is 0.325 e. The van der Waals surface area contributed by atoms with Crippen molar-refractivity contribution in [1.82, 2.24) is 0 Å². The second-order valence-corrected chi connectivity index (χ2v) is 4.31. The van der Waals surface area contributed by atoms with Crippen molar-refractivity contribution in [2.45, 2.75) is 13.0 Å². The molecule has 1 atom stereocenters. The average Bonchev–Trinajstić information content (AvgIpc) is 2.30. The fourth-order valence-corrected chi connectivity index (χ4v) is 1.97. The SMILES string of the molecule is COc1c(C(N)C(=O)O)cc(Br)c(C)c1OC. The highest BCUT2D eigenvalue weighted by Crippen LogP contribution is 2.40. The quantitative estimate of drug-likeness (QED) is 0.887. The second kappa shape index (κ2) is 5.37. The number of carbonyl (C=O) groups is 1. The molecule has 1 aromatic carbocycles. The molecule has 3 N–H and O–H groups in total. The van der Waals surface area contributed by atoms with Gasteiger partial charge in [0.05, 0.1) is 14.2 Å². The molecule has 6 heteroatoms. The third kappa shape index (κ3) is 2.53. The van der Waals surface area contributed by atoms with Gasteiger partial charge in [-0.25, -0.2) is 0 Å². The van der Waals surface area contributed by atoms with Crippen LogP contribution in [0.3, 0.4) is 0 Å². The van der Waals surface area contributed by atoms with Gasteiger partial charge in [-0.1, -0.05) is 15.9 Å². The number of hydrogen-bond donors (Lipinski definition) is 2. The minimum Gasteiger partial charge on any atom is -0.493 e. The number of aliphatic carboxylic acids is 1. The molecule has 0 amide bonds. The summed E-state index contributed by atoms with van der Waals surface area (Å²) in [5, 5.41) is 8.94. The first-order chi connectivity index (χ1) is 7.93. The predicted molar refractivity (Wildman–Crippen MR) is 66.5 cm³/mol. The van der Waals surface area contributed by atoms with Crippen LogP contribution in [0.1, 0.15) is 17.2 Å². The zero-order valence-electron chi connectivity index (χ0n) is 9.78. The van der Waals surface area contributed by atoms with Crippen molar-refractivity contribution in [1.29, 1.82) is 0 Å². The highest BCUT2D eigenvalue weighted by atomic mass is 79.9. The number of halogens is 1. The van der Waals surface area contributed by atoms with E-state index in [2.05, 4.69) is 15.9 Å². The van der Waals surface area contributed by atoms with E-state index in [4.69, 9.17) is 20.3 Å². The summed E-state index contributed by atoms with van der Waals surface area (Å²) in [7, 11) is 2.94. The zero-order valence-corrected chi connectivity index (χ0v) is 11.4. The summed E-state index contributed by atoms with van der Waals surface area (Å²) in [6.07, 6.45) is 0. The summed E-state index contributed by atoms with van der Waals surface area (Å²) < 4.78 is 11.1. The van der Waals surface area contributed by atoms with Gasteiger partial charge in [-0.2, -0.15) is 0 Å². The Morgan fingerprint density at radius 1 is 1.41 bits per heavy atom. The van der Waals surface area contributed by atoms with E-state index >= 15 is 0 Å². The van der Waals surface area contributed by atoms with Crippen LogP contribution in [0.15, 0.2) is 10.5 Å². The molecule has 1 rings (SSSR count). The number of benzene rings is 1. The Balaban J connectivity index is 3.49. The molecule has 0 aromatic heterocycles. The number of rotatable bonds is 4. The van der Waals surface area contributed by atoms with Crippen LogP contribution in [-0.4, -0.2) is 25.3 Å². The van der Waals surface area contributed by atoms with E-state index in [9.17, 15) is 4.79 Å². The third-order valence-electron chi connectivity index (χ3n) is 2.46. The van der Waals surface area contributed by atoms with E-state index < -0.39 is 12.0 Å². The molecule has 0 heterocycles. The Labute approximate surface area is 108 Å². The number of carboxylic acid groups (broad SMARTS) is 1. The summed E-state index contributed by atoms with van der Waals surface area (Å²) in [4.78, 5) is 10.9. The molecule has 0 radical (unpaired) electrons. The van der Waals surface area contributed by atoms with Crippen LogP contribution >= 0.6 is 15.9 Å². The third-order valence-corrected chi connectivity index (χ3v) is 3.28. The maximum absolute atomic E-state index is 10.9. The lowest BCUT2D eigenvalue weighted by Crippen LogP contribution is -2.21. The molecule has 0 aliphatic heterocycles. The Morgan fingerprint density at radius 3 is 2.35 bits per heavy atom. The largest absolute Gasteiger partial charge is 0.493 e. The van der Waals surface area contributed by atoms with E-state index in [-0.39, 0.29) is 0 Å². The maximum atomic E-state index is 10.9. The molecule has 1 unspecified atom stereocenters. The molecule has 0 bridgehead atoms. The molecule has 0 aliphatic carbocycles. The predicted octanol–water partition coefficient (Wildman–Crippen LogP) is 1.86. The summed E-state index contributed by atoms with van der Waals surface area (Å²) >= 11 is 3.33. The topological polar surface area (TPSA) is 81.8 Å². The molecule has 5 nitrogen and oxygen atoms in total. The van der Waals surface area contributed by atoms with Crippen LogP contribution in [0.5, 0.6) is 11.5 Å². The van der Waals surface area contributed by atoms with E-state index in [0.29, 0.717) is 17.1 Å². The van der Waals surface area contributed by atoms with E-state index in [1.54, 1.807) is 6.07 Å². The fourth-order valence-electron chi connectivity index (χ4n) is 1.54. The summed E-state index contributed by atoms with van der Waals surface area (Å²) in [5.41, 5.74) is 6.80. The van der Waals surface area contributed by atoms with Crippen molar-refractivity contribution in [3.8, 4) is 11.5 Å². The van der Waals surface area contributed by atoms with Gasteiger partial charge in [-0.15, -0.1) is 0 Å². The van der Waals surface area contributed by atoms with Gasteiger partial charge in [0.25, 0.3) is 0 Å². The number of nitrogens with two attached hydrogens (primary N) is 1. The molecule has 0 fully saturated rings. The lowest BCUT2D eigenvalue weighted by atomic mass is 10.0. The summed E-state index contributed by atoms with van der Waals surface area (Å²) in [6, 6.07) is 0.478. The van der Waals surface area contributed by atoms with Crippen molar-refractivity contribution in [2.75, 3.05) is 14.2 Å². The lowest BCUT2D eigenvalue weighted by molar-refractivity contribution is -0.138. The van der Waals surface area contributed by atoms with Crippen molar-refractivity contribution in [2.24, 2.45) is 5.73 Å². The maximum Gasteiger partial charge on any atom is 0.325 e. The Hall–Kier alpha value is -1.27. The fraction of sp³-hybridized carbons (Fsp3) is 0.364. The Bertz CT molecular complexity index is 448. The number of methoxy groups -OCH3 is 2. The molecule has 1 aromatic rings. The average molecular weight is 304 g/mol. The Morgan fingerprint density at radius 2 is 1.94 bits per heavy atom. The van der Waals surface area contributed by atoms with Gasteiger partial charge in [0.15, 0.2) is 11.5 Å². The van der Waals surface area contributed by atoms with Gasteiger partial charge in [0.2, 0.25) is 0 Å². The summed E-state index contributed by atoms with van der Waals surface area (Å²) in [5.74, 6) is -0.294. The minimum absolute atomic E-state index is 0.350. The first-order valence-corrected chi connectivity index (χ1v) is 5.62. The first-order valence-electron chi connectivity index (χ1n) is 4.83. The lowest BCUT2D eigenvalue weighted by Gasteiger charge is -2.18. The van der Waals surface area contributed by atoms with Gasteiger partial charge in [-0.05, 0) is 13.0 Å². The Kier molecular flexibility index (Phi) is 4.36. The van der Waals surface area contributed by atoms with Crippen LogP contribution < -0.4 is 15.2 Å². The van der Waals surface area contributed by atoms with Crippen LogP contribution in [0, 0.1) is 6.92 Å². The highest BCUT2D eigenvalue weighted by molar-refractivity contribution is 9.10. The van der Waals surface area contributed by atoms with Gasteiger partial charge in [0.1, 0.15) is 6.04 Å². The normalized spacial score (nSPS) is 12.1.